The Bertz CT molecular complexity index is 2490. The summed E-state index contributed by atoms with van der Waals surface area (Å²) < 4.78 is 55.4. The van der Waals surface area contributed by atoms with Gasteiger partial charge in [0.25, 0.3) is 0 Å². The summed E-state index contributed by atoms with van der Waals surface area (Å²) in [6.07, 6.45) is -7.02. The lowest BCUT2D eigenvalue weighted by molar-refractivity contribution is -0.265. The smallest absolute Gasteiger partial charge is 0.128 e. The first-order valence-corrected chi connectivity index (χ1v) is 24.6. The van der Waals surface area contributed by atoms with Crippen molar-refractivity contribution in [1.82, 2.24) is 0 Å². The van der Waals surface area contributed by atoms with E-state index >= 15 is 0 Å². The summed E-state index contributed by atoms with van der Waals surface area (Å²) in [7, 11) is 0. The van der Waals surface area contributed by atoms with E-state index in [1.165, 1.54) is 0 Å². The van der Waals surface area contributed by atoms with Gasteiger partial charge in [0.05, 0.1) is 51.8 Å². The second-order valence-corrected chi connectivity index (χ2v) is 18.5. The minimum Gasteiger partial charge on any atom is -0.507 e. The van der Waals surface area contributed by atoms with Crippen molar-refractivity contribution in [3.63, 3.8) is 0 Å². The van der Waals surface area contributed by atoms with E-state index in [1.807, 2.05) is 196 Å². The first kappa shape index (κ1) is 49.8. The van der Waals surface area contributed by atoms with E-state index in [1.54, 1.807) is 13.0 Å². The van der Waals surface area contributed by atoms with Gasteiger partial charge in [-0.25, -0.2) is 0 Å². The van der Waals surface area contributed by atoms with Crippen LogP contribution in [-0.4, -0.2) is 59.0 Å². The third-order valence-corrected chi connectivity index (χ3v) is 13.4. The molecule has 0 aromatic heterocycles. The summed E-state index contributed by atoms with van der Waals surface area (Å²) in [5, 5.41) is 24.6. The minimum atomic E-state index is -0.902. The van der Waals surface area contributed by atoms with Crippen LogP contribution in [0.15, 0.2) is 188 Å². The van der Waals surface area contributed by atoms with Crippen LogP contribution >= 0.6 is 0 Å². The van der Waals surface area contributed by atoms with Crippen molar-refractivity contribution < 1.29 is 48.1 Å². The summed E-state index contributed by atoms with van der Waals surface area (Å²) in [4.78, 5) is 0. The molecule has 10 heteroatoms. The lowest BCUT2D eigenvalue weighted by atomic mass is 9.85. The van der Waals surface area contributed by atoms with Crippen molar-refractivity contribution >= 4 is 0 Å². The molecule has 7 aromatic rings. The second kappa shape index (κ2) is 24.3. The van der Waals surface area contributed by atoms with Gasteiger partial charge in [-0.1, -0.05) is 182 Å². The normalized spacial score (nSPS) is 24.4. The number of hydrogen-bond donors (Lipinski definition) is 2. The van der Waals surface area contributed by atoms with Crippen molar-refractivity contribution in [3.8, 4) is 11.5 Å². The fourth-order valence-electron chi connectivity index (χ4n) is 9.61. The predicted molar refractivity (Wildman–Crippen MR) is 271 cm³/mol. The maximum Gasteiger partial charge on any atom is 0.128 e. The third kappa shape index (κ3) is 12.5. The zero-order valence-corrected chi connectivity index (χ0v) is 40.6. The number of ether oxygens (including phenoxy) is 8. The lowest BCUT2D eigenvalue weighted by Gasteiger charge is -2.47. The summed E-state index contributed by atoms with van der Waals surface area (Å²) >= 11 is 0. The molecule has 71 heavy (non-hydrogen) atoms. The van der Waals surface area contributed by atoms with Crippen LogP contribution in [0.4, 0.5) is 0 Å². The van der Waals surface area contributed by atoms with Crippen molar-refractivity contribution in [2.24, 2.45) is 0 Å². The van der Waals surface area contributed by atoms with Gasteiger partial charge in [-0.2, -0.15) is 0 Å². The molecule has 10 atom stereocenters. The van der Waals surface area contributed by atoms with E-state index in [0.717, 1.165) is 33.4 Å². The molecule has 10 nitrogen and oxygen atoms in total. The van der Waals surface area contributed by atoms with E-state index in [9.17, 15) is 10.2 Å². The molecule has 2 heterocycles. The van der Waals surface area contributed by atoms with E-state index < -0.39 is 61.0 Å². The average molecular weight is 957 g/mol. The van der Waals surface area contributed by atoms with Crippen LogP contribution in [0.1, 0.15) is 76.1 Å². The highest BCUT2D eigenvalue weighted by molar-refractivity contribution is 5.55. The summed E-state index contributed by atoms with van der Waals surface area (Å²) in [5.74, 6) is -0.262. The Morgan fingerprint density at radius 2 is 0.563 bits per heavy atom. The number of hydrogen-bond acceptors (Lipinski definition) is 10. The zero-order chi connectivity index (χ0) is 48.9. The van der Waals surface area contributed by atoms with Gasteiger partial charge in [0.1, 0.15) is 60.3 Å². The fraction of sp³-hybridized carbons (Fsp3) is 0.311. The van der Waals surface area contributed by atoms with Crippen molar-refractivity contribution in [3.05, 3.63) is 238 Å². The molecule has 9 rings (SSSR count). The predicted octanol–water partition coefficient (Wildman–Crippen LogP) is 11.8. The van der Waals surface area contributed by atoms with E-state index in [-0.39, 0.29) is 43.5 Å². The van der Waals surface area contributed by atoms with Gasteiger partial charge >= 0.3 is 0 Å². The van der Waals surface area contributed by atoms with Gasteiger partial charge in [0.15, 0.2) is 0 Å². The Morgan fingerprint density at radius 1 is 0.338 bits per heavy atom. The van der Waals surface area contributed by atoms with Gasteiger partial charge in [0.2, 0.25) is 0 Å². The van der Waals surface area contributed by atoms with Crippen LogP contribution in [0.3, 0.4) is 0 Å². The molecule has 0 radical (unpaired) electrons. The molecule has 2 N–H and O–H groups in total. The van der Waals surface area contributed by atoms with Crippen molar-refractivity contribution in [2.75, 3.05) is 0 Å². The van der Waals surface area contributed by atoms with Crippen LogP contribution < -0.4 is 0 Å². The van der Waals surface area contributed by atoms with E-state index in [0.29, 0.717) is 24.3 Å². The first-order chi connectivity index (χ1) is 34.8. The molecule has 368 valence electrons. The van der Waals surface area contributed by atoms with Gasteiger partial charge in [-0.3, -0.25) is 0 Å². The molecular formula is C61H64O10. The molecule has 2 fully saturated rings. The van der Waals surface area contributed by atoms with Crippen molar-refractivity contribution in [2.45, 2.75) is 121 Å². The van der Waals surface area contributed by atoms with Gasteiger partial charge in [-0.15, -0.1) is 0 Å². The largest absolute Gasteiger partial charge is 0.507 e. The monoisotopic (exact) mass is 956 g/mol. The standard InChI is InChI=1S/C61H64O10/c1-41-52(62)50(56-60(68-39-48-30-18-8-19-31-48)58(66-37-46-26-14-6-15-27-46)54(42(2)70-56)64-35-44-22-10-4-11-23-44)34-51(53(41)63)57-61(69-40-49-32-20-9-21-33-49)59(67-38-47-28-16-7-17-29-47)55(43(3)71-57)65-36-45-24-12-5-13-25-45/h4-34,42-43,54-63H,35-40H2,1-3H3/t42?,43?,54-,55-,56+,57+,58?,59?,60?,61?/m0/s1. The number of phenols is 2. The Morgan fingerprint density at radius 3 is 0.817 bits per heavy atom. The maximum atomic E-state index is 12.3. The second-order valence-electron chi connectivity index (χ2n) is 18.5. The molecular weight excluding hydrogens is 893 g/mol. The Balaban J connectivity index is 1.12. The van der Waals surface area contributed by atoms with Crippen LogP contribution in [0.2, 0.25) is 0 Å². The summed E-state index contributed by atoms with van der Waals surface area (Å²) in [5.41, 5.74) is 6.94. The highest BCUT2D eigenvalue weighted by atomic mass is 16.6. The molecule has 7 aromatic carbocycles. The van der Waals surface area contributed by atoms with E-state index in [2.05, 4.69) is 0 Å². The topological polar surface area (TPSA) is 114 Å². The number of benzene rings is 7. The molecule has 0 aliphatic carbocycles. The van der Waals surface area contributed by atoms with Crippen LogP contribution in [-0.2, 0) is 77.5 Å². The van der Waals surface area contributed by atoms with Crippen molar-refractivity contribution in [1.29, 1.82) is 0 Å². The van der Waals surface area contributed by atoms with Gasteiger partial charge < -0.3 is 48.1 Å². The number of phenolic OH excluding ortho intramolecular Hbond substituents is 2. The Kier molecular flexibility index (Phi) is 17.0. The van der Waals surface area contributed by atoms with Gasteiger partial charge in [-0.05, 0) is 60.2 Å². The molecule has 2 aliphatic rings. The van der Waals surface area contributed by atoms with E-state index in [4.69, 9.17) is 37.9 Å². The van der Waals surface area contributed by atoms with Crippen LogP contribution in [0.5, 0.6) is 11.5 Å². The zero-order valence-electron chi connectivity index (χ0n) is 40.6. The Hall–Kier alpha value is -6.18. The molecule has 2 saturated heterocycles. The number of rotatable bonds is 20. The molecule has 2 aliphatic heterocycles. The minimum absolute atomic E-state index is 0.131. The summed E-state index contributed by atoms with van der Waals surface area (Å²) in [6.45, 7) is 7.26. The fourth-order valence-corrected chi connectivity index (χ4v) is 9.61. The molecule has 0 saturated carbocycles. The lowest BCUT2D eigenvalue weighted by Crippen LogP contribution is -2.56. The average Bonchev–Trinajstić information content (AvgIpc) is 3.41. The maximum absolute atomic E-state index is 12.3. The highest BCUT2D eigenvalue weighted by Crippen LogP contribution is 2.49. The summed E-state index contributed by atoms with van der Waals surface area (Å²) in [6, 6.07) is 61.7. The Labute approximate surface area is 417 Å². The van der Waals surface area contributed by atoms with Crippen LogP contribution in [0, 0.1) is 6.92 Å². The quantitative estimate of drug-likeness (QED) is 0.0765. The highest BCUT2D eigenvalue weighted by Gasteiger charge is 2.51. The molecule has 0 bridgehead atoms. The molecule has 0 spiro atoms. The molecule has 6 unspecified atom stereocenters. The SMILES string of the molecule is Cc1c(O)c([C@H]2OC(C)[C@H](OCc3ccccc3)C(OCc3ccccc3)C2OCc2ccccc2)cc([C@H]2OC(C)[C@H](OCc3ccccc3)C(OCc3ccccc3)C2OCc2ccccc2)c1O. The molecule has 0 amide bonds. The third-order valence-electron chi connectivity index (χ3n) is 13.4. The van der Waals surface area contributed by atoms with Gasteiger partial charge in [0, 0.05) is 16.7 Å². The first-order valence-electron chi connectivity index (χ1n) is 24.6. The number of aromatic hydroxyl groups is 2. The van der Waals surface area contributed by atoms with Crippen LogP contribution in [0.25, 0.3) is 0 Å².